The first kappa shape index (κ1) is 16.0. The summed E-state index contributed by atoms with van der Waals surface area (Å²) >= 11 is 0. The molecular weight excluding hydrogens is 312 g/mol. The number of hydrogen-bond acceptors (Lipinski definition) is 3. The molecule has 1 heterocycles. The highest BCUT2D eigenvalue weighted by molar-refractivity contribution is 5.99. The van der Waals surface area contributed by atoms with Gasteiger partial charge in [-0.05, 0) is 42.0 Å². The Hall–Kier alpha value is -2.89. The van der Waals surface area contributed by atoms with E-state index in [1.165, 1.54) is 53.7 Å². The minimum Gasteiger partial charge on any atom is -0.292 e. The maximum atomic E-state index is 13.2. The molecule has 3 aromatic rings. The molecule has 0 saturated carbocycles. The van der Waals surface area contributed by atoms with Crippen LogP contribution in [0.2, 0.25) is 0 Å². The summed E-state index contributed by atoms with van der Waals surface area (Å²) in [6, 6.07) is 10.7. The Bertz CT molecular complexity index is 814. The zero-order valence-corrected chi connectivity index (χ0v) is 12.9. The summed E-state index contributed by atoms with van der Waals surface area (Å²) in [5.74, 6) is -1.23. The molecule has 1 aromatic heterocycles. The number of hydrogen-bond donors (Lipinski definition) is 0. The van der Waals surface area contributed by atoms with Crippen LogP contribution in [0.15, 0.2) is 61.2 Å². The van der Waals surface area contributed by atoms with Crippen LogP contribution in [0, 0.1) is 11.6 Å². The van der Waals surface area contributed by atoms with Crippen LogP contribution in [0.5, 0.6) is 0 Å². The van der Waals surface area contributed by atoms with E-state index >= 15 is 0 Å². The van der Waals surface area contributed by atoms with Gasteiger partial charge in [0.1, 0.15) is 30.3 Å². The van der Waals surface area contributed by atoms with E-state index < -0.39 is 11.9 Å². The maximum absolute atomic E-state index is 13.2. The first-order chi connectivity index (χ1) is 11.6. The fourth-order valence-corrected chi connectivity index (χ4v) is 2.67. The van der Waals surface area contributed by atoms with Gasteiger partial charge in [0, 0.05) is 11.5 Å². The number of halogens is 2. The van der Waals surface area contributed by atoms with E-state index in [9.17, 15) is 13.6 Å². The number of rotatable bonds is 5. The van der Waals surface area contributed by atoms with Crippen molar-refractivity contribution in [2.45, 2.75) is 18.9 Å². The summed E-state index contributed by atoms with van der Waals surface area (Å²) in [6.45, 7) is 1.86. The Morgan fingerprint density at radius 3 is 2.12 bits per heavy atom. The molecule has 122 valence electrons. The molecule has 2 aromatic carbocycles. The highest BCUT2D eigenvalue weighted by atomic mass is 19.1. The van der Waals surface area contributed by atoms with Crippen molar-refractivity contribution in [3.63, 3.8) is 0 Å². The van der Waals surface area contributed by atoms with E-state index in [2.05, 4.69) is 10.1 Å². The molecule has 0 spiro atoms. The van der Waals surface area contributed by atoms with E-state index in [4.69, 9.17) is 0 Å². The molecule has 24 heavy (non-hydrogen) atoms. The minimum absolute atomic E-state index is 0.211. The van der Waals surface area contributed by atoms with Crippen LogP contribution in [0.4, 0.5) is 8.78 Å². The average Bonchev–Trinajstić information content (AvgIpc) is 3.10. The van der Waals surface area contributed by atoms with E-state index in [0.717, 1.165) is 5.56 Å². The van der Waals surface area contributed by atoms with E-state index in [-0.39, 0.29) is 17.5 Å². The number of Topliss-reactive ketones (excluding diaryl/α,β-unsaturated/α-hetero) is 1. The van der Waals surface area contributed by atoms with E-state index in [1.54, 1.807) is 12.1 Å². The Morgan fingerprint density at radius 1 is 1.00 bits per heavy atom. The standard InChI is InChI=1S/C18H15F2N3O/c1-12(13-2-6-15(19)7-3-13)17(23-11-21-10-22-23)18(24)14-4-8-16(20)9-5-14/h2-12,17H,1H3. The fourth-order valence-electron chi connectivity index (χ4n) is 2.67. The number of nitrogens with zero attached hydrogens (tertiary/aromatic N) is 3. The molecule has 2 unspecified atom stereocenters. The predicted octanol–water partition coefficient (Wildman–Crippen LogP) is 3.78. The zero-order valence-electron chi connectivity index (χ0n) is 12.9. The third-order valence-corrected chi connectivity index (χ3v) is 3.99. The molecule has 0 bridgehead atoms. The van der Waals surface area contributed by atoms with Crippen molar-refractivity contribution in [1.29, 1.82) is 0 Å². The number of aromatic nitrogens is 3. The molecule has 6 heteroatoms. The van der Waals surface area contributed by atoms with Gasteiger partial charge in [0.05, 0.1) is 0 Å². The van der Waals surface area contributed by atoms with Gasteiger partial charge in [0.15, 0.2) is 5.78 Å². The molecule has 0 aliphatic rings. The second kappa shape index (κ2) is 6.70. The van der Waals surface area contributed by atoms with Gasteiger partial charge in [-0.1, -0.05) is 19.1 Å². The topological polar surface area (TPSA) is 47.8 Å². The van der Waals surface area contributed by atoms with E-state index in [1.807, 2.05) is 6.92 Å². The third kappa shape index (κ3) is 3.22. The fraction of sp³-hybridized carbons (Fsp3) is 0.167. The normalized spacial score (nSPS) is 13.5. The summed E-state index contributed by atoms with van der Waals surface area (Å²) in [4.78, 5) is 16.9. The van der Waals surface area contributed by atoms with Crippen LogP contribution < -0.4 is 0 Å². The first-order valence-corrected chi connectivity index (χ1v) is 7.45. The molecule has 2 atom stereocenters. The average molecular weight is 327 g/mol. The molecule has 4 nitrogen and oxygen atoms in total. The largest absolute Gasteiger partial charge is 0.292 e. The van der Waals surface area contributed by atoms with Crippen molar-refractivity contribution in [1.82, 2.24) is 14.8 Å². The van der Waals surface area contributed by atoms with Crippen molar-refractivity contribution in [2.24, 2.45) is 0 Å². The molecule has 0 aliphatic heterocycles. The summed E-state index contributed by atoms with van der Waals surface area (Å²) in [7, 11) is 0. The van der Waals surface area contributed by atoms with Crippen molar-refractivity contribution >= 4 is 5.78 Å². The molecule has 0 N–H and O–H groups in total. The highest BCUT2D eigenvalue weighted by Crippen LogP contribution is 2.31. The quantitative estimate of drug-likeness (QED) is 0.670. The third-order valence-electron chi connectivity index (χ3n) is 3.99. The molecule has 0 fully saturated rings. The van der Waals surface area contributed by atoms with Gasteiger partial charge >= 0.3 is 0 Å². The summed E-state index contributed by atoms with van der Waals surface area (Å²) < 4.78 is 27.7. The maximum Gasteiger partial charge on any atom is 0.188 e. The Labute approximate surface area is 137 Å². The van der Waals surface area contributed by atoms with Crippen LogP contribution >= 0.6 is 0 Å². The van der Waals surface area contributed by atoms with Crippen LogP contribution in [-0.4, -0.2) is 20.5 Å². The summed E-state index contributed by atoms with van der Waals surface area (Å²) in [5, 5.41) is 4.08. The lowest BCUT2D eigenvalue weighted by Crippen LogP contribution is -2.25. The van der Waals surface area contributed by atoms with Crippen LogP contribution in [0.1, 0.15) is 34.8 Å². The molecule has 0 radical (unpaired) electrons. The van der Waals surface area contributed by atoms with Gasteiger partial charge in [-0.15, -0.1) is 0 Å². The lowest BCUT2D eigenvalue weighted by atomic mass is 9.88. The number of carbonyl (C=O) groups is 1. The Balaban J connectivity index is 1.99. The van der Waals surface area contributed by atoms with Crippen molar-refractivity contribution < 1.29 is 13.6 Å². The second-order valence-electron chi connectivity index (χ2n) is 5.53. The van der Waals surface area contributed by atoms with Gasteiger partial charge in [0.25, 0.3) is 0 Å². The molecule has 0 amide bonds. The number of carbonyl (C=O) groups excluding carboxylic acids is 1. The summed E-state index contributed by atoms with van der Waals surface area (Å²) in [6.07, 6.45) is 2.81. The van der Waals surface area contributed by atoms with Gasteiger partial charge < -0.3 is 0 Å². The van der Waals surface area contributed by atoms with Crippen molar-refractivity contribution in [2.75, 3.05) is 0 Å². The van der Waals surface area contributed by atoms with Gasteiger partial charge in [-0.2, -0.15) is 5.10 Å². The SMILES string of the molecule is CC(c1ccc(F)cc1)C(C(=O)c1ccc(F)cc1)n1cncn1. The molecule has 3 rings (SSSR count). The van der Waals surface area contributed by atoms with Gasteiger partial charge in [-0.25, -0.2) is 18.4 Å². The minimum atomic E-state index is -0.663. The van der Waals surface area contributed by atoms with Gasteiger partial charge in [0.2, 0.25) is 0 Å². The van der Waals surface area contributed by atoms with Crippen LogP contribution in [0.25, 0.3) is 0 Å². The highest BCUT2D eigenvalue weighted by Gasteiger charge is 2.29. The predicted molar refractivity (Wildman–Crippen MR) is 84.6 cm³/mol. The first-order valence-electron chi connectivity index (χ1n) is 7.45. The smallest absolute Gasteiger partial charge is 0.188 e. The number of ketones is 1. The lowest BCUT2D eigenvalue weighted by Gasteiger charge is -2.23. The Kier molecular flexibility index (Phi) is 4.46. The molecular formula is C18H15F2N3O. The molecule has 0 saturated heterocycles. The van der Waals surface area contributed by atoms with Crippen LogP contribution in [0.3, 0.4) is 0 Å². The van der Waals surface area contributed by atoms with Gasteiger partial charge in [-0.3, -0.25) is 4.79 Å². The van der Waals surface area contributed by atoms with Crippen LogP contribution in [-0.2, 0) is 0 Å². The Morgan fingerprint density at radius 2 is 1.58 bits per heavy atom. The molecule has 0 aliphatic carbocycles. The second-order valence-corrected chi connectivity index (χ2v) is 5.53. The monoisotopic (exact) mass is 327 g/mol. The zero-order chi connectivity index (χ0) is 17.1. The lowest BCUT2D eigenvalue weighted by molar-refractivity contribution is 0.0900. The number of benzene rings is 2. The summed E-state index contributed by atoms with van der Waals surface area (Å²) in [5.41, 5.74) is 1.18. The van der Waals surface area contributed by atoms with Crippen molar-refractivity contribution in [3.05, 3.63) is 83.9 Å². The van der Waals surface area contributed by atoms with Crippen molar-refractivity contribution in [3.8, 4) is 0 Å². The van der Waals surface area contributed by atoms with E-state index in [0.29, 0.717) is 5.56 Å².